The van der Waals surface area contributed by atoms with Gasteiger partial charge in [-0.25, -0.2) is 14.5 Å². The van der Waals surface area contributed by atoms with Crippen LogP contribution in [0.15, 0.2) is 22.4 Å². The van der Waals surface area contributed by atoms with Crippen LogP contribution in [0.25, 0.3) is 0 Å². The van der Waals surface area contributed by atoms with E-state index in [1.54, 1.807) is 16.9 Å². The van der Waals surface area contributed by atoms with Crippen LogP contribution in [0.3, 0.4) is 0 Å². The lowest BCUT2D eigenvalue weighted by Gasteiger charge is -2.31. The standard InChI is InChI=1S/C17H21N5O2S/c23-15-10-13-2-1-3-14(13)20-22(15)11-12-4-7-21(8-5-12)17(24)19-16-18-6-9-25-16/h6,9-10,12H,1-5,7-8,11H2,(H,18,19,24). The van der Waals surface area contributed by atoms with Gasteiger partial charge in [0.15, 0.2) is 5.13 Å². The zero-order valence-corrected chi connectivity index (χ0v) is 14.8. The molecule has 1 saturated heterocycles. The molecule has 2 aromatic rings. The number of fused-ring (bicyclic) bond motifs is 1. The molecule has 1 fully saturated rings. The molecule has 1 aliphatic carbocycles. The summed E-state index contributed by atoms with van der Waals surface area (Å²) in [6, 6.07) is 1.66. The number of amides is 2. The summed E-state index contributed by atoms with van der Waals surface area (Å²) >= 11 is 1.41. The molecular weight excluding hydrogens is 338 g/mol. The van der Waals surface area contributed by atoms with Gasteiger partial charge in [0.25, 0.3) is 5.56 Å². The van der Waals surface area contributed by atoms with Crippen molar-refractivity contribution < 1.29 is 4.79 Å². The van der Waals surface area contributed by atoms with Crippen LogP contribution in [0.4, 0.5) is 9.93 Å². The number of piperidine rings is 1. The first-order valence-corrected chi connectivity index (χ1v) is 9.62. The quantitative estimate of drug-likeness (QED) is 0.910. The van der Waals surface area contributed by atoms with E-state index in [0.717, 1.165) is 43.4 Å². The molecule has 8 heteroatoms. The van der Waals surface area contributed by atoms with E-state index in [9.17, 15) is 9.59 Å². The van der Waals surface area contributed by atoms with Gasteiger partial charge >= 0.3 is 6.03 Å². The Morgan fingerprint density at radius 1 is 1.32 bits per heavy atom. The largest absolute Gasteiger partial charge is 0.324 e. The zero-order chi connectivity index (χ0) is 17.2. The molecule has 132 valence electrons. The Labute approximate surface area is 149 Å². The fourth-order valence-corrected chi connectivity index (χ4v) is 4.11. The normalized spacial score (nSPS) is 17.5. The van der Waals surface area contributed by atoms with Crippen molar-refractivity contribution in [2.75, 3.05) is 18.4 Å². The van der Waals surface area contributed by atoms with Gasteiger partial charge < -0.3 is 4.90 Å². The third-order valence-electron chi connectivity index (χ3n) is 5.00. The topological polar surface area (TPSA) is 80.1 Å². The minimum atomic E-state index is -0.0961. The number of nitrogens with zero attached hydrogens (tertiary/aromatic N) is 4. The Morgan fingerprint density at radius 2 is 2.16 bits per heavy atom. The molecule has 2 aliphatic rings. The SMILES string of the molecule is O=C(Nc1nccs1)N1CCC(Cn2nc3c(cc2=O)CCC3)CC1. The van der Waals surface area contributed by atoms with Crippen molar-refractivity contribution in [3.8, 4) is 0 Å². The van der Waals surface area contributed by atoms with E-state index >= 15 is 0 Å². The van der Waals surface area contributed by atoms with Gasteiger partial charge in [-0.2, -0.15) is 5.10 Å². The van der Waals surface area contributed by atoms with E-state index in [2.05, 4.69) is 15.4 Å². The lowest BCUT2D eigenvalue weighted by Crippen LogP contribution is -2.42. The summed E-state index contributed by atoms with van der Waals surface area (Å²) in [7, 11) is 0. The molecular formula is C17H21N5O2S. The lowest BCUT2D eigenvalue weighted by atomic mass is 9.97. The number of carbonyl (C=O) groups is 1. The third kappa shape index (κ3) is 3.58. The number of rotatable bonds is 3. The molecule has 0 atom stereocenters. The number of thiazole rings is 1. The van der Waals surface area contributed by atoms with Crippen LogP contribution in [0, 0.1) is 5.92 Å². The number of aryl methyl sites for hydroxylation is 2. The van der Waals surface area contributed by atoms with Gasteiger partial charge in [-0.1, -0.05) is 0 Å². The van der Waals surface area contributed by atoms with Gasteiger partial charge in [0, 0.05) is 37.3 Å². The maximum atomic E-state index is 12.2. The van der Waals surface area contributed by atoms with Gasteiger partial charge in [-0.05, 0) is 43.6 Å². The van der Waals surface area contributed by atoms with E-state index in [0.29, 0.717) is 30.7 Å². The number of hydrogen-bond donors (Lipinski definition) is 1. The first-order chi connectivity index (χ1) is 12.2. The summed E-state index contributed by atoms with van der Waals surface area (Å²) in [6.45, 7) is 2.04. The highest BCUT2D eigenvalue weighted by Crippen LogP contribution is 2.21. The second-order valence-corrected chi connectivity index (χ2v) is 7.58. The van der Waals surface area contributed by atoms with Crippen molar-refractivity contribution in [2.24, 2.45) is 5.92 Å². The number of nitrogens with one attached hydrogen (secondary N) is 1. The number of likely N-dealkylation sites (tertiary alicyclic amines) is 1. The molecule has 25 heavy (non-hydrogen) atoms. The number of urea groups is 1. The fourth-order valence-electron chi connectivity index (χ4n) is 3.59. The molecule has 0 spiro atoms. The van der Waals surface area contributed by atoms with E-state index < -0.39 is 0 Å². The second-order valence-electron chi connectivity index (χ2n) is 6.69. The van der Waals surface area contributed by atoms with Crippen LogP contribution in [-0.2, 0) is 19.4 Å². The lowest BCUT2D eigenvalue weighted by molar-refractivity contribution is 0.174. The van der Waals surface area contributed by atoms with Crippen LogP contribution < -0.4 is 10.9 Å². The van der Waals surface area contributed by atoms with E-state index in [1.807, 2.05) is 10.3 Å². The smallest absolute Gasteiger partial charge is 0.323 e. The molecule has 7 nitrogen and oxygen atoms in total. The number of carbonyl (C=O) groups excluding carboxylic acids is 1. The summed E-state index contributed by atoms with van der Waals surface area (Å²) in [5, 5.41) is 9.84. The van der Waals surface area contributed by atoms with E-state index in [1.165, 1.54) is 11.3 Å². The minimum Gasteiger partial charge on any atom is -0.324 e. The van der Waals surface area contributed by atoms with Gasteiger partial charge in [-0.15, -0.1) is 11.3 Å². The third-order valence-corrected chi connectivity index (χ3v) is 5.69. The molecule has 0 aromatic carbocycles. The second kappa shape index (κ2) is 6.95. The Balaban J connectivity index is 1.33. The van der Waals surface area contributed by atoms with Gasteiger partial charge in [0.2, 0.25) is 0 Å². The summed E-state index contributed by atoms with van der Waals surface area (Å²) in [5.41, 5.74) is 2.21. The Hall–Kier alpha value is -2.22. The molecule has 1 N–H and O–H groups in total. The highest BCUT2D eigenvalue weighted by atomic mass is 32.1. The number of hydrogen-bond acceptors (Lipinski definition) is 5. The average molecular weight is 359 g/mol. The van der Waals surface area contributed by atoms with Crippen molar-refractivity contribution in [3.63, 3.8) is 0 Å². The monoisotopic (exact) mass is 359 g/mol. The number of aromatic nitrogens is 3. The maximum Gasteiger partial charge on any atom is 0.323 e. The van der Waals surface area contributed by atoms with Crippen LogP contribution in [0.1, 0.15) is 30.5 Å². The van der Waals surface area contributed by atoms with Crippen LogP contribution >= 0.6 is 11.3 Å². The van der Waals surface area contributed by atoms with Gasteiger partial charge in [0.05, 0.1) is 5.69 Å². The fraction of sp³-hybridized carbons (Fsp3) is 0.529. The Morgan fingerprint density at radius 3 is 2.92 bits per heavy atom. The molecule has 0 saturated carbocycles. The summed E-state index contributed by atoms with van der Waals surface area (Å²) in [6.07, 6.45) is 6.50. The van der Waals surface area contributed by atoms with Crippen molar-refractivity contribution >= 4 is 22.5 Å². The summed E-state index contributed by atoms with van der Waals surface area (Å²) in [4.78, 5) is 30.3. The van der Waals surface area contributed by atoms with Crippen molar-refractivity contribution in [1.29, 1.82) is 0 Å². The van der Waals surface area contributed by atoms with Crippen molar-refractivity contribution in [3.05, 3.63) is 39.3 Å². The van der Waals surface area contributed by atoms with Crippen molar-refractivity contribution in [1.82, 2.24) is 19.7 Å². The highest BCUT2D eigenvalue weighted by molar-refractivity contribution is 7.13. The molecule has 0 unspecified atom stereocenters. The summed E-state index contributed by atoms with van der Waals surface area (Å²) in [5.74, 6) is 0.383. The molecule has 2 aromatic heterocycles. The Bertz CT molecular complexity index is 809. The first kappa shape index (κ1) is 16.3. The van der Waals surface area contributed by atoms with Crippen molar-refractivity contribution in [2.45, 2.75) is 38.6 Å². The molecule has 0 radical (unpaired) electrons. The number of anilines is 1. The van der Waals surface area contributed by atoms with Crippen LogP contribution in [0.2, 0.25) is 0 Å². The summed E-state index contributed by atoms with van der Waals surface area (Å²) < 4.78 is 1.63. The molecule has 3 heterocycles. The van der Waals surface area contributed by atoms with E-state index in [-0.39, 0.29) is 11.6 Å². The maximum absolute atomic E-state index is 12.2. The van der Waals surface area contributed by atoms with Gasteiger partial charge in [-0.3, -0.25) is 10.1 Å². The van der Waals surface area contributed by atoms with E-state index in [4.69, 9.17) is 0 Å². The van der Waals surface area contributed by atoms with Crippen LogP contribution in [0.5, 0.6) is 0 Å². The molecule has 2 amide bonds. The first-order valence-electron chi connectivity index (χ1n) is 8.74. The predicted molar refractivity (Wildman–Crippen MR) is 96.0 cm³/mol. The molecule has 0 bridgehead atoms. The average Bonchev–Trinajstić information content (AvgIpc) is 3.27. The Kier molecular flexibility index (Phi) is 4.52. The molecule has 1 aliphatic heterocycles. The van der Waals surface area contributed by atoms with Gasteiger partial charge in [0.1, 0.15) is 0 Å². The minimum absolute atomic E-state index is 0.00425. The van der Waals surface area contributed by atoms with Crippen LogP contribution in [-0.4, -0.2) is 38.8 Å². The zero-order valence-electron chi connectivity index (χ0n) is 14.0. The predicted octanol–water partition coefficient (Wildman–Crippen LogP) is 2.13. The molecule has 4 rings (SSSR count). The highest BCUT2D eigenvalue weighted by Gasteiger charge is 2.24.